The summed E-state index contributed by atoms with van der Waals surface area (Å²) in [6.45, 7) is 0. The van der Waals surface area contributed by atoms with Gasteiger partial charge in [0.25, 0.3) is 0 Å². The summed E-state index contributed by atoms with van der Waals surface area (Å²) < 4.78 is 5.14. The lowest BCUT2D eigenvalue weighted by Gasteiger charge is -2.06. The quantitative estimate of drug-likeness (QED) is 0.777. The molecule has 0 bridgehead atoms. The van der Waals surface area contributed by atoms with E-state index in [9.17, 15) is 0 Å². The SMILES string of the molecule is COc1ccc(-c2nc(Cl)c3c(n2)CCC3)cc1. The van der Waals surface area contributed by atoms with Crippen LogP contribution >= 0.6 is 11.6 Å². The molecule has 0 amide bonds. The second-order valence-corrected chi connectivity index (χ2v) is 4.70. The van der Waals surface area contributed by atoms with Crippen LogP contribution in [0.4, 0.5) is 0 Å². The van der Waals surface area contributed by atoms with Crippen LogP contribution in [0.15, 0.2) is 24.3 Å². The number of halogens is 1. The highest BCUT2D eigenvalue weighted by Gasteiger charge is 2.18. The Morgan fingerprint density at radius 2 is 1.89 bits per heavy atom. The summed E-state index contributed by atoms with van der Waals surface area (Å²) in [7, 11) is 1.65. The van der Waals surface area contributed by atoms with Gasteiger partial charge in [-0.25, -0.2) is 9.97 Å². The fourth-order valence-corrected chi connectivity index (χ4v) is 2.54. The molecule has 92 valence electrons. The summed E-state index contributed by atoms with van der Waals surface area (Å²) in [5, 5.41) is 0.600. The van der Waals surface area contributed by atoms with Crippen LogP contribution in [0.3, 0.4) is 0 Å². The van der Waals surface area contributed by atoms with Gasteiger partial charge in [-0.2, -0.15) is 0 Å². The summed E-state index contributed by atoms with van der Waals surface area (Å²) >= 11 is 6.21. The zero-order chi connectivity index (χ0) is 12.5. The van der Waals surface area contributed by atoms with Crippen molar-refractivity contribution in [3.63, 3.8) is 0 Å². The number of benzene rings is 1. The maximum atomic E-state index is 6.21. The van der Waals surface area contributed by atoms with Gasteiger partial charge in [-0.1, -0.05) is 11.6 Å². The zero-order valence-electron chi connectivity index (χ0n) is 10.1. The molecular formula is C14H13ClN2O. The van der Waals surface area contributed by atoms with E-state index < -0.39 is 0 Å². The lowest BCUT2D eigenvalue weighted by Crippen LogP contribution is -1.97. The van der Waals surface area contributed by atoms with Crippen molar-refractivity contribution >= 4 is 11.6 Å². The maximum absolute atomic E-state index is 6.21. The van der Waals surface area contributed by atoms with Crippen molar-refractivity contribution in [1.29, 1.82) is 0 Å². The van der Waals surface area contributed by atoms with Crippen LogP contribution in [0.1, 0.15) is 17.7 Å². The fraction of sp³-hybridized carbons (Fsp3) is 0.286. The first-order valence-electron chi connectivity index (χ1n) is 5.97. The number of aryl methyl sites for hydroxylation is 1. The number of hydrogen-bond donors (Lipinski definition) is 0. The monoisotopic (exact) mass is 260 g/mol. The Bertz CT molecular complexity index is 581. The van der Waals surface area contributed by atoms with Crippen molar-refractivity contribution in [2.24, 2.45) is 0 Å². The molecule has 1 aromatic heterocycles. The maximum Gasteiger partial charge on any atom is 0.161 e. The lowest BCUT2D eigenvalue weighted by atomic mass is 10.2. The molecule has 4 heteroatoms. The normalized spacial score (nSPS) is 13.4. The Kier molecular flexibility index (Phi) is 2.92. The Hall–Kier alpha value is -1.61. The average molecular weight is 261 g/mol. The van der Waals surface area contributed by atoms with Crippen LogP contribution in [0.25, 0.3) is 11.4 Å². The molecule has 1 aliphatic carbocycles. The number of methoxy groups -OCH3 is 1. The summed E-state index contributed by atoms with van der Waals surface area (Å²) in [6, 6.07) is 7.71. The summed E-state index contributed by atoms with van der Waals surface area (Å²) in [4.78, 5) is 8.99. The van der Waals surface area contributed by atoms with Crippen molar-refractivity contribution in [1.82, 2.24) is 9.97 Å². The van der Waals surface area contributed by atoms with E-state index in [1.165, 1.54) is 0 Å². The largest absolute Gasteiger partial charge is 0.497 e. The minimum atomic E-state index is 0.600. The van der Waals surface area contributed by atoms with Crippen molar-refractivity contribution in [3.8, 4) is 17.1 Å². The molecule has 0 aliphatic heterocycles. The predicted octanol–water partition coefficient (Wildman–Crippen LogP) is 3.29. The van der Waals surface area contributed by atoms with Crippen molar-refractivity contribution in [3.05, 3.63) is 40.7 Å². The Morgan fingerprint density at radius 1 is 1.11 bits per heavy atom. The Morgan fingerprint density at radius 3 is 2.61 bits per heavy atom. The van der Waals surface area contributed by atoms with E-state index in [2.05, 4.69) is 9.97 Å². The fourth-order valence-electron chi connectivity index (χ4n) is 2.26. The molecule has 3 nitrogen and oxygen atoms in total. The third kappa shape index (κ3) is 1.95. The first-order valence-corrected chi connectivity index (χ1v) is 6.35. The lowest BCUT2D eigenvalue weighted by molar-refractivity contribution is 0.415. The van der Waals surface area contributed by atoms with Crippen LogP contribution in [0, 0.1) is 0 Å². The molecule has 0 spiro atoms. The molecule has 1 aliphatic rings. The zero-order valence-corrected chi connectivity index (χ0v) is 10.9. The van der Waals surface area contributed by atoms with Gasteiger partial charge in [0.1, 0.15) is 10.9 Å². The van der Waals surface area contributed by atoms with E-state index in [4.69, 9.17) is 16.3 Å². The molecule has 0 radical (unpaired) electrons. The number of fused-ring (bicyclic) bond motifs is 1. The molecule has 0 unspecified atom stereocenters. The smallest absolute Gasteiger partial charge is 0.161 e. The van der Waals surface area contributed by atoms with Crippen molar-refractivity contribution in [2.45, 2.75) is 19.3 Å². The van der Waals surface area contributed by atoms with E-state index in [0.717, 1.165) is 41.8 Å². The molecule has 0 saturated heterocycles. The van der Waals surface area contributed by atoms with E-state index in [1.54, 1.807) is 7.11 Å². The van der Waals surface area contributed by atoms with Gasteiger partial charge in [-0.05, 0) is 43.5 Å². The number of ether oxygens (including phenoxy) is 1. The summed E-state index contributed by atoms with van der Waals surface area (Å²) in [5.41, 5.74) is 3.18. The first-order chi connectivity index (χ1) is 8.78. The van der Waals surface area contributed by atoms with E-state index in [-0.39, 0.29) is 0 Å². The molecule has 0 fully saturated rings. The van der Waals surface area contributed by atoms with Crippen LogP contribution < -0.4 is 4.74 Å². The molecule has 1 heterocycles. The van der Waals surface area contributed by atoms with Crippen molar-refractivity contribution < 1.29 is 4.74 Å². The molecular weight excluding hydrogens is 248 g/mol. The van der Waals surface area contributed by atoms with Gasteiger partial charge in [0.2, 0.25) is 0 Å². The highest BCUT2D eigenvalue weighted by molar-refractivity contribution is 6.30. The second kappa shape index (κ2) is 4.58. The number of aromatic nitrogens is 2. The molecule has 0 saturated carbocycles. The van der Waals surface area contributed by atoms with Crippen LogP contribution in [-0.4, -0.2) is 17.1 Å². The highest BCUT2D eigenvalue weighted by Crippen LogP contribution is 2.29. The second-order valence-electron chi connectivity index (χ2n) is 4.35. The molecule has 0 N–H and O–H groups in total. The predicted molar refractivity (Wildman–Crippen MR) is 71.1 cm³/mol. The van der Waals surface area contributed by atoms with E-state index in [1.807, 2.05) is 24.3 Å². The standard InChI is InChI=1S/C14H13ClN2O/c1-18-10-7-5-9(6-8-10)14-16-12-4-2-3-11(12)13(15)17-14/h5-8H,2-4H2,1H3. The molecule has 18 heavy (non-hydrogen) atoms. The van der Waals surface area contributed by atoms with Gasteiger partial charge in [0, 0.05) is 16.8 Å². The van der Waals surface area contributed by atoms with Gasteiger partial charge in [0.05, 0.1) is 7.11 Å². The number of hydrogen-bond acceptors (Lipinski definition) is 3. The highest BCUT2D eigenvalue weighted by atomic mass is 35.5. The van der Waals surface area contributed by atoms with Gasteiger partial charge in [0.15, 0.2) is 5.82 Å². The molecule has 2 aromatic rings. The Labute approximate surface area is 111 Å². The van der Waals surface area contributed by atoms with Gasteiger partial charge in [-0.15, -0.1) is 0 Å². The molecule has 3 rings (SSSR count). The van der Waals surface area contributed by atoms with E-state index >= 15 is 0 Å². The van der Waals surface area contributed by atoms with Gasteiger partial charge < -0.3 is 4.74 Å². The van der Waals surface area contributed by atoms with Gasteiger partial charge >= 0.3 is 0 Å². The Balaban J connectivity index is 2.03. The van der Waals surface area contributed by atoms with E-state index in [0.29, 0.717) is 11.0 Å². The third-order valence-electron chi connectivity index (χ3n) is 3.23. The number of rotatable bonds is 2. The minimum absolute atomic E-state index is 0.600. The summed E-state index contributed by atoms with van der Waals surface area (Å²) in [5.74, 6) is 1.52. The minimum Gasteiger partial charge on any atom is -0.497 e. The molecule has 1 aromatic carbocycles. The van der Waals surface area contributed by atoms with Crippen LogP contribution in [0.2, 0.25) is 5.15 Å². The average Bonchev–Trinajstić information content (AvgIpc) is 2.88. The summed E-state index contributed by atoms with van der Waals surface area (Å²) in [6.07, 6.45) is 3.12. The molecule has 0 atom stereocenters. The van der Waals surface area contributed by atoms with Gasteiger partial charge in [-0.3, -0.25) is 0 Å². The van der Waals surface area contributed by atoms with Crippen LogP contribution in [-0.2, 0) is 12.8 Å². The van der Waals surface area contributed by atoms with Crippen molar-refractivity contribution in [2.75, 3.05) is 7.11 Å². The topological polar surface area (TPSA) is 35.0 Å². The first kappa shape index (κ1) is 11.5. The van der Waals surface area contributed by atoms with Crippen LogP contribution in [0.5, 0.6) is 5.75 Å². The third-order valence-corrected chi connectivity index (χ3v) is 3.54. The number of nitrogens with zero attached hydrogens (tertiary/aromatic N) is 2.